The minimum atomic E-state index is 0.353. The zero-order valence-electron chi connectivity index (χ0n) is 12.7. The molecule has 0 radical (unpaired) electrons. The van der Waals surface area contributed by atoms with Gasteiger partial charge in [0.15, 0.2) is 0 Å². The summed E-state index contributed by atoms with van der Waals surface area (Å²) in [6.45, 7) is 13.6. The van der Waals surface area contributed by atoms with Crippen LogP contribution < -0.4 is 5.32 Å². The van der Waals surface area contributed by atoms with E-state index >= 15 is 0 Å². The summed E-state index contributed by atoms with van der Waals surface area (Å²) in [6, 6.07) is 9.12. The van der Waals surface area contributed by atoms with Crippen LogP contribution in [0.5, 0.6) is 0 Å². The molecule has 0 bridgehead atoms. The van der Waals surface area contributed by atoms with Crippen LogP contribution in [0, 0.1) is 11.3 Å². The third-order valence-corrected chi connectivity index (χ3v) is 3.78. The van der Waals surface area contributed by atoms with Crippen molar-refractivity contribution < 1.29 is 0 Å². The fourth-order valence-corrected chi connectivity index (χ4v) is 2.20. The summed E-state index contributed by atoms with van der Waals surface area (Å²) in [6.07, 6.45) is 2.29. The van der Waals surface area contributed by atoms with E-state index in [9.17, 15) is 0 Å². The third-order valence-electron chi connectivity index (χ3n) is 3.78. The monoisotopic (exact) mass is 247 g/mol. The molecule has 1 aromatic rings. The Morgan fingerprint density at radius 1 is 1.00 bits per heavy atom. The van der Waals surface area contributed by atoms with Crippen molar-refractivity contribution >= 4 is 0 Å². The first-order valence-electron chi connectivity index (χ1n) is 7.25. The maximum atomic E-state index is 3.50. The third kappa shape index (κ3) is 4.81. The van der Waals surface area contributed by atoms with Crippen LogP contribution in [0.15, 0.2) is 24.3 Å². The molecule has 1 rings (SSSR count). The first-order chi connectivity index (χ1) is 8.47. The van der Waals surface area contributed by atoms with Gasteiger partial charge in [-0.1, -0.05) is 58.9 Å². The van der Waals surface area contributed by atoms with Crippen LogP contribution in [0.2, 0.25) is 0 Å². The van der Waals surface area contributed by atoms with Gasteiger partial charge in [-0.2, -0.15) is 0 Å². The Hall–Kier alpha value is -0.820. The molecule has 0 heterocycles. The lowest BCUT2D eigenvalue weighted by Gasteiger charge is -2.31. The van der Waals surface area contributed by atoms with Crippen molar-refractivity contribution in [2.75, 3.05) is 13.1 Å². The molecule has 0 spiro atoms. The highest BCUT2D eigenvalue weighted by molar-refractivity contribution is 5.23. The molecule has 1 heteroatoms. The molecule has 1 unspecified atom stereocenters. The zero-order valence-corrected chi connectivity index (χ0v) is 12.7. The Labute approximate surface area is 113 Å². The van der Waals surface area contributed by atoms with Gasteiger partial charge in [0.05, 0.1) is 0 Å². The highest BCUT2D eigenvalue weighted by Gasteiger charge is 2.24. The molecule has 0 fully saturated rings. The fraction of sp³-hybridized carbons (Fsp3) is 0.647. The Bertz CT molecular complexity index is 332. The molecule has 18 heavy (non-hydrogen) atoms. The summed E-state index contributed by atoms with van der Waals surface area (Å²) >= 11 is 0. The van der Waals surface area contributed by atoms with E-state index in [-0.39, 0.29) is 0 Å². The normalized spacial score (nSPS) is 13.6. The number of aryl methyl sites for hydroxylation is 1. The van der Waals surface area contributed by atoms with Crippen molar-refractivity contribution in [3.05, 3.63) is 35.4 Å². The standard InChI is InChI=1S/C17H29N/c1-6-14-8-10-15(11-9-14)12-16(13-18-7-2)17(3,4)5/h8-11,16,18H,6-7,12-13H2,1-5H3. The molecule has 0 aromatic heterocycles. The van der Waals surface area contributed by atoms with Gasteiger partial charge < -0.3 is 5.32 Å². The van der Waals surface area contributed by atoms with E-state index in [0.717, 1.165) is 19.5 Å². The van der Waals surface area contributed by atoms with Crippen molar-refractivity contribution in [1.29, 1.82) is 0 Å². The quantitative estimate of drug-likeness (QED) is 0.799. The molecule has 0 saturated heterocycles. The summed E-state index contributed by atoms with van der Waals surface area (Å²) in [4.78, 5) is 0. The van der Waals surface area contributed by atoms with Gasteiger partial charge in [-0.05, 0) is 48.4 Å². The average Bonchev–Trinajstić information content (AvgIpc) is 2.34. The minimum Gasteiger partial charge on any atom is -0.317 e. The second-order valence-electron chi connectivity index (χ2n) is 6.24. The van der Waals surface area contributed by atoms with Gasteiger partial charge in [-0.3, -0.25) is 0 Å². The van der Waals surface area contributed by atoms with Crippen LogP contribution in [-0.2, 0) is 12.8 Å². The Balaban J connectivity index is 2.69. The van der Waals surface area contributed by atoms with E-state index in [1.165, 1.54) is 17.5 Å². The van der Waals surface area contributed by atoms with E-state index in [1.54, 1.807) is 0 Å². The first-order valence-corrected chi connectivity index (χ1v) is 7.25. The molecular weight excluding hydrogens is 218 g/mol. The Morgan fingerprint density at radius 2 is 1.56 bits per heavy atom. The summed E-state index contributed by atoms with van der Waals surface area (Å²) in [5.41, 5.74) is 3.24. The lowest BCUT2D eigenvalue weighted by molar-refractivity contribution is 0.232. The second-order valence-corrected chi connectivity index (χ2v) is 6.24. The molecule has 1 nitrogen and oxygen atoms in total. The highest BCUT2D eigenvalue weighted by atomic mass is 14.8. The smallest absolute Gasteiger partial charge is 0.00124 e. The lowest BCUT2D eigenvalue weighted by atomic mass is 9.77. The molecular formula is C17H29N. The van der Waals surface area contributed by atoms with E-state index < -0.39 is 0 Å². The topological polar surface area (TPSA) is 12.0 Å². The van der Waals surface area contributed by atoms with Crippen LogP contribution in [0.1, 0.15) is 45.7 Å². The van der Waals surface area contributed by atoms with Crippen molar-refractivity contribution in [3.8, 4) is 0 Å². The van der Waals surface area contributed by atoms with Crippen LogP contribution in [-0.4, -0.2) is 13.1 Å². The van der Waals surface area contributed by atoms with Crippen molar-refractivity contribution in [2.24, 2.45) is 11.3 Å². The van der Waals surface area contributed by atoms with Gasteiger partial charge in [-0.15, -0.1) is 0 Å². The van der Waals surface area contributed by atoms with E-state index in [4.69, 9.17) is 0 Å². The zero-order chi connectivity index (χ0) is 13.6. The second kappa shape index (κ2) is 6.94. The summed E-state index contributed by atoms with van der Waals surface area (Å²) in [5, 5.41) is 3.50. The predicted octanol–water partition coefficient (Wildman–Crippen LogP) is 4.06. The fourth-order valence-electron chi connectivity index (χ4n) is 2.20. The largest absolute Gasteiger partial charge is 0.317 e. The predicted molar refractivity (Wildman–Crippen MR) is 81.0 cm³/mol. The van der Waals surface area contributed by atoms with Gasteiger partial charge in [0, 0.05) is 0 Å². The van der Waals surface area contributed by atoms with Crippen molar-refractivity contribution in [2.45, 2.75) is 47.5 Å². The van der Waals surface area contributed by atoms with E-state index in [2.05, 4.69) is 64.2 Å². The molecule has 1 aromatic carbocycles. The lowest BCUT2D eigenvalue weighted by Crippen LogP contribution is -2.33. The van der Waals surface area contributed by atoms with Crippen LogP contribution >= 0.6 is 0 Å². The first kappa shape index (κ1) is 15.2. The number of nitrogens with one attached hydrogen (secondary N) is 1. The van der Waals surface area contributed by atoms with Crippen LogP contribution in [0.25, 0.3) is 0 Å². The van der Waals surface area contributed by atoms with Crippen LogP contribution in [0.4, 0.5) is 0 Å². The summed E-state index contributed by atoms with van der Waals surface area (Å²) in [7, 11) is 0. The van der Waals surface area contributed by atoms with Crippen molar-refractivity contribution in [1.82, 2.24) is 5.32 Å². The Kier molecular flexibility index (Phi) is 5.87. The van der Waals surface area contributed by atoms with E-state index in [1.807, 2.05) is 0 Å². The van der Waals surface area contributed by atoms with Crippen LogP contribution in [0.3, 0.4) is 0 Å². The minimum absolute atomic E-state index is 0.353. The number of hydrogen-bond donors (Lipinski definition) is 1. The molecule has 102 valence electrons. The van der Waals surface area contributed by atoms with E-state index in [0.29, 0.717) is 11.3 Å². The molecule has 1 N–H and O–H groups in total. The Morgan fingerprint density at radius 3 is 2.00 bits per heavy atom. The number of rotatable bonds is 6. The maximum absolute atomic E-state index is 3.50. The summed E-state index contributed by atoms with van der Waals surface area (Å²) < 4.78 is 0. The molecule has 0 amide bonds. The molecule has 1 atom stereocenters. The van der Waals surface area contributed by atoms with Gasteiger partial charge in [0.1, 0.15) is 0 Å². The molecule has 0 aliphatic heterocycles. The highest BCUT2D eigenvalue weighted by Crippen LogP contribution is 2.28. The molecule has 0 saturated carbocycles. The summed E-state index contributed by atoms with van der Waals surface area (Å²) in [5.74, 6) is 0.685. The molecule has 0 aliphatic rings. The van der Waals surface area contributed by atoms with Gasteiger partial charge in [-0.25, -0.2) is 0 Å². The van der Waals surface area contributed by atoms with Gasteiger partial charge >= 0.3 is 0 Å². The van der Waals surface area contributed by atoms with Gasteiger partial charge in [0.2, 0.25) is 0 Å². The SMILES string of the molecule is CCNCC(Cc1ccc(CC)cc1)C(C)(C)C. The molecule has 0 aliphatic carbocycles. The van der Waals surface area contributed by atoms with Gasteiger partial charge in [0.25, 0.3) is 0 Å². The van der Waals surface area contributed by atoms with Crippen molar-refractivity contribution in [3.63, 3.8) is 0 Å². The number of hydrogen-bond acceptors (Lipinski definition) is 1. The maximum Gasteiger partial charge on any atom is -0.00124 e. The number of benzene rings is 1. The average molecular weight is 247 g/mol.